The molecule has 0 aliphatic heterocycles. The van der Waals surface area contributed by atoms with E-state index in [9.17, 15) is 0 Å². The molecule has 2 heterocycles. The van der Waals surface area contributed by atoms with Gasteiger partial charge in [-0.1, -0.05) is 0 Å². The third kappa shape index (κ3) is 2.08. The van der Waals surface area contributed by atoms with Gasteiger partial charge in [0.25, 0.3) is 0 Å². The van der Waals surface area contributed by atoms with Crippen LogP contribution in [0.5, 0.6) is 0 Å². The average molecular weight is 292 g/mol. The highest BCUT2D eigenvalue weighted by Gasteiger charge is 2.27. The van der Waals surface area contributed by atoms with Crippen molar-refractivity contribution in [1.29, 1.82) is 0 Å². The third-order valence-electron chi connectivity index (χ3n) is 4.00. The Morgan fingerprint density at radius 3 is 2.70 bits per heavy atom. The molecule has 2 aromatic heterocycles. The van der Waals surface area contributed by atoms with E-state index in [1.165, 1.54) is 23.3 Å². The molecular formula is C14H20N4OS. The molecule has 5 nitrogen and oxygen atoms in total. The highest BCUT2D eigenvalue weighted by molar-refractivity contribution is 7.19. The van der Waals surface area contributed by atoms with Crippen molar-refractivity contribution in [2.75, 3.05) is 12.5 Å². The second-order valence-corrected chi connectivity index (χ2v) is 6.73. The van der Waals surface area contributed by atoms with E-state index >= 15 is 0 Å². The van der Waals surface area contributed by atoms with Gasteiger partial charge in [0.1, 0.15) is 10.4 Å². The van der Waals surface area contributed by atoms with Crippen LogP contribution >= 0.6 is 11.3 Å². The van der Waals surface area contributed by atoms with E-state index < -0.39 is 5.60 Å². The van der Waals surface area contributed by atoms with E-state index in [1.807, 2.05) is 13.8 Å². The quantitative estimate of drug-likeness (QED) is 0.672. The molecule has 108 valence electrons. The van der Waals surface area contributed by atoms with Crippen molar-refractivity contribution in [2.24, 2.45) is 5.84 Å². The lowest BCUT2D eigenvalue weighted by molar-refractivity contribution is 0.0119. The summed E-state index contributed by atoms with van der Waals surface area (Å²) in [5.41, 5.74) is 3.60. The van der Waals surface area contributed by atoms with Gasteiger partial charge >= 0.3 is 0 Å². The highest BCUT2D eigenvalue weighted by Crippen LogP contribution is 2.39. The summed E-state index contributed by atoms with van der Waals surface area (Å²) in [6.07, 6.45) is 4.73. The van der Waals surface area contributed by atoms with E-state index in [0.29, 0.717) is 5.82 Å². The zero-order valence-electron chi connectivity index (χ0n) is 12.1. The molecule has 20 heavy (non-hydrogen) atoms. The number of nitrogens with zero attached hydrogens (tertiary/aromatic N) is 2. The number of nitrogen functional groups attached to an aromatic ring is 1. The molecule has 0 fully saturated rings. The number of nitrogens with one attached hydrogen (secondary N) is 1. The van der Waals surface area contributed by atoms with Gasteiger partial charge in [0.2, 0.25) is 0 Å². The van der Waals surface area contributed by atoms with Gasteiger partial charge < -0.3 is 10.2 Å². The number of hydrazine groups is 1. The van der Waals surface area contributed by atoms with Crippen LogP contribution in [-0.4, -0.2) is 17.1 Å². The Kier molecular flexibility index (Phi) is 3.40. The van der Waals surface area contributed by atoms with Crippen molar-refractivity contribution in [3.05, 3.63) is 16.3 Å². The molecule has 0 atom stereocenters. The molecule has 0 saturated carbocycles. The second kappa shape index (κ2) is 4.95. The summed E-state index contributed by atoms with van der Waals surface area (Å²) in [6, 6.07) is 0. The van der Waals surface area contributed by atoms with E-state index in [2.05, 4.69) is 10.4 Å². The first-order valence-electron chi connectivity index (χ1n) is 6.91. The Bertz CT molecular complexity index is 650. The van der Waals surface area contributed by atoms with Crippen molar-refractivity contribution < 1.29 is 4.74 Å². The number of methoxy groups -OCH3 is 1. The molecule has 0 spiro atoms. The minimum Gasteiger partial charge on any atom is -0.371 e. The fraction of sp³-hybridized carbons (Fsp3) is 0.571. The lowest BCUT2D eigenvalue weighted by Crippen LogP contribution is -2.24. The van der Waals surface area contributed by atoms with Gasteiger partial charge in [0, 0.05) is 12.0 Å². The Morgan fingerprint density at radius 2 is 2.00 bits per heavy atom. The number of rotatable bonds is 3. The molecule has 3 rings (SSSR count). The Morgan fingerprint density at radius 1 is 1.25 bits per heavy atom. The molecule has 2 aromatic rings. The zero-order valence-corrected chi connectivity index (χ0v) is 12.9. The SMILES string of the molecule is COC(C)(C)c1nc(NN)c2c3c(sc2n1)CCCC3. The fourth-order valence-corrected chi connectivity index (χ4v) is 3.88. The molecule has 1 aliphatic carbocycles. The topological polar surface area (TPSA) is 73.1 Å². The molecule has 0 unspecified atom stereocenters. The number of hydrogen-bond acceptors (Lipinski definition) is 6. The number of aryl methyl sites for hydroxylation is 2. The second-order valence-electron chi connectivity index (χ2n) is 5.65. The summed E-state index contributed by atoms with van der Waals surface area (Å²) < 4.78 is 5.49. The molecule has 3 N–H and O–H groups in total. The number of thiophene rings is 1. The van der Waals surface area contributed by atoms with Crippen LogP contribution < -0.4 is 11.3 Å². The summed E-state index contributed by atoms with van der Waals surface area (Å²) >= 11 is 1.77. The minimum atomic E-state index is -0.524. The number of aromatic nitrogens is 2. The number of fused-ring (bicyclic) bond motifs is 3. The molecule has 0 amide bonds. The highest BCUT2D eigenvalue weighted by atomic mass is 32.1. The number of hydrogen-bond donors (Lipinski definition) is 2. The molecule has 1 aliphatic rings. The fourth-order valence-electron chi connectivity index (χ4n) is 2.62. The summed E-state index contributed by atoms with van der Waals surface area (Å²) in [5.74, 6) is 7.07. The predicted molar refractivity (Wildman–Crippen MR) is 81.9 cm³/mol. The first-order valence-corrected chi connectivity index (χ1v) is 7.73. The van der Waals surface area contributed by atoms with Gasteiger partial charge in [-0.2, -0.15) is 0 Å². The summed E-state index contributed by atoms with van der Waals surface area (Å²) in [4.78, 5) is 11.7. The maximum Gasteiger partial charge on any atom is 0.163 e. The zero-order chi connectivity index (χ0) is 14.3. The predicted octanol–water partition coefficient (Wildman–Crippen LogP) is 2.74. The van der Waals surface area contributed by atoms with Crippen molar-refractivity contribution >= 4 is 27.4 Å². The first kappa shape index (κ1) is 13.7. The van der Waals surface area contributed by atoms with Gasteiger partial charge in [0.05, 0.1) is 5.39 Å². The first-order chi connectivity index (χ1) is 9.56. The molecule has 0 aromatic carbocycles. The van der Waals surface area contributed by atoms with Crippen LogP contribution in [0.15, 0.2) is 0 Å². The maximum atomic E-state index is 5.69. The van der Waals surface area contributed by atoms with Gasteiger partial charge in [0.15, 0.2) is 11.6 Å². The monoisotopic (exact) mass is 292 g/mol. The van der Waals surface area contributed by atoms with E-state index in [1.54, 1.807) is 18.4 Å². The summed E-state index contributed by atoms with van der Waals surface area (Å²) in [5, 5.41) is 1.10. The van der Waals surface area contributed by atoms with Gasteiger partial charge in [-0.15, -0.1) is 11.3 Å². The molecule has 0 bridgehead atoms. The Hall–Kier alpha value is -1.24. The van der Waals surface area contributed by atoms with Crippen molar-refractivity contribution in [1.82, 2.24) is 9.97 Å². The summed E-state index contributed by atoms with van der Waals surface area (Å²) in [7, 11) is 1.67. The van der Waals surface area contributed by atoms with Crippen LogP contribution in [0.2, 0.25) is 0 Å². The number of ether oxygens (including phenoxy) is 1. The smallest absolute Gasteiger partial charge is 0.163 e. The van der Waals surface area contributed by atoms with Gasteiger partial charge in [-0.05, 0) is 45.1 Å². The third-order valence-corrected chi connectivity index (χ3v) is 5.19. The largest absolute Gasteiger partial charge is 0.371 e. The molecule has 0 radical (unpaired) electrons. The van der Waals surface area contributed by atoms with E-state index in [-0.39, 0.29) is 0 Å². The van der Waals surface area contributed by atoms with Crippen molar-refractivity contribution in [3.63, 3.8) is 0 Å². The lowest BCUT2D eigenvalue weighted by Gasteiger charge is -2.21. The van der Waals surface area contributed by atoms with Crippen molar-refractivity contribution in [2.45, 2.75) is 45.1 Å². The van der Waals surface area contributed by atoms with Crippen LogP contribution in [-0.2, 0) is 23.2 Å². The van der Waals surface area contributed by atoms with Crippen LogP contribution in [0.3, 0.4) is 0 Å². The normalized spacial score (nSPS) is 15.4. The lowest BCUT2D eigenvalue weighted by atomic mass is 9.97. The van der Waals surface area contributed by atoms with Crippen LogP contribution in [0.1, 0.15) is 43.0 Å². The van der Waals surface area contributed by atoms with Gasteiger partial charge in [-0.3, -0.25) is 0 Å². The number of anilines is 1. The average Bonchev–Trinajstić information content (AvgIpc) is 2.84. The Labute approximate surface area is 122 Å². The molecule has 0 saturated heterocycles. The maximum absolute atomic E-state index is 5.69. The number of nitrogens with two attached hydrogens (primary N) is 1. The van der Waals surface area contributed by atoms with E-state index in [4.69, 9.17) is 15.6 Å². The molecular weight excluding hydrogens is 272 g/mol. The van der Waals surface area contributed by atoms with E-state index in [0.717, 1.165) is 28.9 Å². The molecule has 6 heteroatoms. The minimum absolute atomic E-state index is 0.524. The summed E-state index contributed by atoms with van der Waals surface area (Å²) in [6.45, 7) is 3.92. The van der Waals surface area contributed by atoms with Crippen LogP contribution in [0, 0.1) is 0 Å². The Balaban J connectivity index is 2.25. The van der Waals surface area contributed by atoms with Crippen molar-refractivity contribution in [3.8, 4) is 0 Å². The van der Waals surface area contributed by atoms with Crippen LogP contribution in [0.4, 0.5) is 5.82 Å². The standard InChI is InChI=1S/C14H20N4OS/c1-14(2,19-3)13-16-11(18-15)10-8-6-4-5-7-9(8)20-12(10)17-13/h4-7,15H2,1-3H3,(H,16,17,18). The van der Waals surface area contributed by atoms with Gasteiger partial charge in [-0.25, -0.2) is 15.8 Å². The van der Waals surface area contributed by atoms with Crippen LogP contribution in [0.25, 0.3) is 10.2 Å².